The highest BCUT2D eigenvalue weighted by atomic mass is 19.1. The first kappa shape index (κ1) is 15.5. The number of halogens is 1. The number of ether oxygens (including phenoxy) is 1. The molecule has 2 aromatic rings. The van der Waals surface area contributed by atoms with Crippen molar-refractivity contribution in [3.63, 3.8) is 0 Å². The van der Waals surface area contributed by atoms with E-state index in [9.17, 15) is 4.39 Å². The summed E-state index contributed by atoms with van der Waals surface area (Å²) in [6, 6.07) is 6.82. The van der Waals surface area contributed by atoms with Gasteiger partial charge in [-0.3, -0.25) is 4.90 Å². The van der Waals surface area contributed by atoms with Crippen LogP contribution in [0.1, 0.15) is 22.9 Å². The quantitative estimate of drug-likeness (QED) is 0.889. The zero-order valence-corrected chi connectivity index (χ0v) is 12.6. The van der Waals surface area contributed by atoms with E-state index < -0.39 is 0 Å². The monoisotopic (exact) mass is 292 g/mol. The number of likely N-dealkylation sites (N-methyl/N-ethyl adjacent to an activating group) is 1. The topological polar surface area (TPSA) is 51.6 Å². The summed E-state index contributed by atoms with van der Waals surface area (Å²) in [6.07, 6.45) is 1.67. The first-order valence-corrected chi connectivity index (χ1v) is 6.83. The van der Waals surface area contributed by atoms with Crippen LogP contribution in [-0.4, -0.2) is 25.6 Å². The third-order valence-corrected chi connectivity index (χ3v) is 3.70. The minimum Gasteiger partial charge on any atom is -0.494 e. The lowest BCUT2D eigenvalue weighted by Gasteiger charge is -2.27. The number of methoxy groups -OCH3 is 1. The van der Waals surface area contributed by atoms with Crippen molar-refractivity contribution in [3.05, 3.63) is 53.2 Å². The third kappa shape index (κ3) is 3.43. The zero-order valence-electron chi connectivity index (χ0n) is 12.6. The molecule has 2 N–H and O–H groups in total. The summed E-state index contributed by atoms with van der Waals surface area (Å²) < 4.78 is 24.1. The summed E-state index contributed by atoms with van der Waals surface area (Å²) in [4.78, 5) is 2.08. The Labute approximate surface area is 124 Å². The van der Waals surface area contributed by atoms with Gasteiger partial charge in [0.15, 0.2) is 11.6 Å². The van der Waals surface area contributed by atoms with Crippen LogP contribution in [0.15, 0.2) is 34.9 Å². The molecule has 2 rings (SSSR count). The highest BCUT2D eigenvalue weighted by Gasteiger charge is 2.18. The number of hydrogen-bond donors (Lipinski definition) is 1. The SMILES string of the molecule is COc1ccc(C(CN)N(C)Cc2ccoc2C)cc1F. The van der Waals surface area contributed by atoms with E-state index in [1.54, 1.807) is 12.3 Å². The zero-order chi connectivity index (χ0) is 15.4. The fourth-order valence-corrected chi connectivity index (χ4v) is 2.41. The maximum atomic E-state index is 13.9. The molecule has 0 amide bonds. The Morgan fingerprint density at radius 2 is 2.14 bits per heavy atom. The Morgan fingerprint density at radius 1 is 1.38 bits per heavy atom. The molecule has 0 radical (unpaired) electrons. The maximum absolute atomic E-state index is 13.9. The molecule has 5 heteroatoms. The van der Waals surface area contributed by atoms with Crippen LogP contribution in [-0.2, 0) is 6.54 Å². The van der Waals surface area contributed by atoms with E-state index in [4.69, 9.17) is 14.9 Å². The second-order valence-corrected chi connectivity index (χ2v) is 5.06. The highest BCUT2D eigenvalue weighted by Crippen LogP contribution is 2.26. The number of furan rings is 1. The average molecular weight is 292 g/mol. The Hall–Kier alpha value is -1.85. The molecule has 0 aliphatic carbocycles. The van der Waals surface area contributed by atoms with Gasteiger partial charge in [0.25, 0.3) is 0 Å². The minimum absolute atomic E-state index is 0.0697. The average Bonchev–Trinajstić information content (AvgIpc) is 2.85. The molecule has 1 unspecified atom stereocenters. The predicted octanol–water partition coefficient (Wildman–Crippen LogP) is 2.87. The fourth-order valence-electron chi connectivity index (χ4n) is 2.41. The van der Waals surface area contributed by atoms with Crippen LogP contribution in [0.2, 0.25) is 0 Å². The third-order valence-electron chi connectivity index (χ3n) is 3.70. The summed E-state index contributed by atoms with van der Waals surface area (Å²) in [5, 5.41) is 0. The fraction of sp³-hybridized carbons (Fsp3) is 0.375. The number of nitrogens with two attached hydrogens (primary N) is 1. The Bertz CT molecular complexity index is 598. The van der Waals surface area contributed by atoms with Gasteiger partial charge in [0, 0.05) is 24.7 Å². The number of rotatable bonds is 6. The lowest BCUT2D eigenvalue weighted by molar-refractivity contribution is 0.239. The summed E-state index contributed by atoms with van der Waals surface area (Å²) in [7, 11) is 3.42. The van der Waals surface area contributed by atoms with Gasteiger partial charge >= 0.3 is 0 Å². The van der Waals surface area contributed by atoms with Gasteiger partial charge in [-0.15, -0.1) is 0 Å². The lowest BCUT2D eigenvalue weighted by Crippen LogP contribution is -2.30. The van der Waals surface area contributed by atoms with Crippen molar-refractivity contribution in [2.24, 2.45) is 5.73 Å². The molecular formula is C16H21FN2O2. The summed E-state index contributed by atoms with van der Waals surface area (Å²) in [5.41, 5.74) is 7.81. The van der Waals surface area contributed by atoms with Crippen LogP contribution in [0.25, 0.3) is 0 Å². The van der Waals surface area contributed by atoms with Gasteiger partial charge < -0.3 is 14.9 Å². The van der Waals surface area contributed by atoms with Crippen molar-refractivity contribution in [1.82, 2.24) is 4.90 Å². The second kappa shape index (κ2) is 6.74. The van der Waals surface area contributed by atoms with E-state index in [1.807, 2.05) is 26.1 Å². The van der Waals surface area contributed by atoms with Crippen LogP contribution in [0, 0.1) is 12.7 Å². The molecule has 1 aromatic carbocycles. The summed E-state index contributed by atoms with van der Waals surface area (Å²) in [6.45, 7) is 3.02. The smallest absolute Gasteiger partial charge is 0.165 e. The normalized spacial score (nSPS) is 12.7. The Balaban J connectivity index is 2.18. The van der Waals surface area contributed by atoms with Crippen LogP contribution >= 0.6 is 0 Å². The molecule has 114 valence electrons. The molecular weight excluding hydrogens is 271 g/mol. The highest BCUT2D eigenvalue weighted by molar-refractivity contribution is 5.31. The molecule has 1 atom stereocenters. The van der Waals surface area contributed by atoms with E-state index >= 15 is 0 Å². The second-order valence-electron chi connectivity index (χ2n) is 5.06. The maximum Gasteiger partial charge on any atom is 0.165 e. The molecule has 0 bridgehead atoms. The molecule has 1 heterocycles. The summed E-state index contributed by atoms with van der Waals surface area (Å²) in [5.74, 6) is 0.753. The van der Waals surface area contributed by atoms with Gasteiger partial charge in [-0.05, 0) is 37.7 Å². The number of nitrogens with zero attached hydrogens (tertiary/aromatic N) is 1. The van der Waals surface area contributed by atoms with E-state index in [0.717, 1.165) is 16.9 Å². The molecule has 0 saturated heterocycles. The van der Waals surface area contributed by atoms with Gasteiger partial charge in [0.1, 0.15) is 5.76 Å². The van der Waals surface area contributed by atoms with Gasteiger partial charge in [0.05, 0.1) is 13.4 Å². The van der Waals surface area contributed by atoms with Crippen molar-refractivity contribution >= 4 is 0 Å². The van der Waals surface area contributed by atoms with Crippen molar-refractivity contribution in [2.45, 2.75) is 19.5 Å². The molecule has 4 nitrogen and oxygen atoms in total. The van der Waals surface area contributed by atoms with E-state index in [1.165, 1.54) is 13.2 Å². The molecule has 21 heavy (non-hydrogen) atoms. The first-order valence-electron chi connectivity index (χ1n) is 6.83. The molecule has 0 fully saturated rings. The van der Waals surface area contributed by atoms with Crippen molar-refractivity contribution in [1.29, 1.82) is 0 Å². The van der Waals surface area contributed by atoms with Gasteiger partial charge in [-0.25, -0.2) is 4.39 Å². The Kier molecular flexibility index (Phi) is 4.98. The van der Waals surface area contributed by atoms with Crippen molar-refractivity contribution in [2.75, 3.05) is 20.7 Å². The van der Waals surface area contributed by atoms with Crippen LogP contribution in [0.4, 0.5) is 4.39 Å². The molecule has 0 aliphatic heterocycles. The van der Waals surface area contributed by atoms with E-state index in [0.29, 0.717) is 13.1 Å². The Morgan fingerprint density at radius 3 is 2.67 bits per heavy atom. The molecule has 0 saturated carbocycles. The molecule has 0 spiro atoms. The van der Waals surface area contributed by atoms with Gasteiger partial charge in [-0.2, -0.15) is 0 Å². The predicted molar refractivity (Wildman–Crippen MR) is 79.7 cm³/mol. The van der Waals surface area contributed by atoms with Crippen LogP contribution < -0.4 is 10.5 Å². The molecule has 0 aliphatic rings. The van der Waals surface area contributed by atoms with Crippen molar-refractivity contribution < 1.29 is 13.5 Å². The van der Waals surface area contributed by atoms with Crippen LogP contribution in [0.5, 0.6) is 5.75 Å². The van der Waals surface area contributed by atoms with E-state index in [2.05, 4.69) is 4.90 Å². The number of hydrogen-bond acceptors (Lipinski definition) is 4. The number of aryl methyl sites for hydroxylation is 1. The minimum atomic E-state index is -0.374. The largest absolute Gasteiger partial charge is 0.494 e. The van der Waals surface area contributed by atoms with Gasteiger partial charge in [0.2, 0.25) is 0 Å². The first-order chi connectivity index (χ1) is 10.1. The number of benzene rings is 1. The summed E-state index contributed by atoms with van der Waals surface area (Å²) >= 11 is 0. The van der Waals surface area contributed by atoms with E-state index in [-0.39, 0.29) is 17.6 Å². The lowest BCUT2D eigenvalue weighted by atomic mass is 10.0. The van der Waals surface area contributed by atoms with Crippen LogP contribution in [0.3, 0.4) is 0 Å². The standard InChI is InChI=1S/C16H21FN2O2/c1-11-13(6-7-21-11)10-19(2)15(9-18)12-4-5-16(20-3)14(17)8-12/h4-8,15H,9-10,18H2,1-3H3. The molecule has 1 aromatic heterocycles. The van der Waals surface area contributed by atoms with Gasteiger partial charge in [-0.1, -0.05) is 6.07 Å². The van der Waals surface area contributed by atoms with Crippen molar-refractivity contribution in [3.8, 4) is 5.75 Å².